The smallest absolute Gasteiger partial charge is 0.253 e. The highest BCUT2D eigenvalue weighted by Gasteiger charge is 2.09. The first-order valence-electron chi connectivity index (χ1n) is 6.81. The molecule has 0 fully saturated rings. The molecule has 0 spiro atoms. The fraction of sp³-hybridized carbons (Fsp3) is 0.250. The van der Waals surface area contributed by atoms with Crippen LogP contribution in [0.25, 0.3) is 0 Å². The van der Waals surface area contributed by atoms with E-state index in [0.29, 0.717) is 12.1 Å². The Morgan fingerprint density at radius 3 is 2.80 bits per heavy atom. The number of pyridine rings is 1. The zero-order valence-corrected chi connectivity index (χ0v) is 11.6. The number of nitrogens with one attached hydrogen (secondary N) is 2. The minimum absolute atomic E-state index is 0.0505. The molecular formula is C16H19N3O. The Hall–Kier alpha value is -2.36. The quantitative estimate of drug-likeness (QED) is 0.847. The van der Waals surface area contributed by atoms with Crippen LogP contribution in [0.1, 0.15) is 22.8 Å². The van der Waals surface area contributed by atoms with Gasteiger partial charge in [-0.1, -0.05) is 18.2 Å². The Morgan fingerprint density at radius 1 is 1.20 bits per heavy atom. The summed E-state index contributed by atoms with van der Waals surface area (Å²) in [5, 5.41) is 6.13. The summed E-state index contributed by atoms with van der Waals surface area (Å²) in [6, 6.07) is 11.4. The van der Waals surface area contributed by atoms with Crippen molar-refractivity contribution in [2.24, 2.45) is 0 Å². The molecule has 2 rings (SSSR count). The van der Waals surface area contributed by atoms with E-state index in [1.807, 2.05) is 49.5 Å². The van der Waals surface area contributed by atoms with E-state index in [2.05, 4.69) is 15.6 Å². The highest BCUT2D eigenvalue weighted by Crippen LogP contribution is 2.14. The van der Waals surface area contributed by atoms with Gasteiger partial charge in [-0.05, 0) is 37.1 Å². The predicted octanol–water partition coefficient (Wildman–Crippen LogP) is 2.49. The molecule has 1 amide bonds. The maximum atomic E-state index is 12.2. The van der Waals surface area contributed by atoms with Crippen LogP contribution in [0.3, 0.4) is 0 Å². The maximum absolute atomic E-state index is 12.2. The second-order valence-electron chi connectivity index (χ2n) is 4.44. The molecule has 0 saturated heterocycles. The molecule has 4 nitrogen and oxygen atoms in total. The summed E-state index contributed by atoms with van der Waals surface area (Å²) in [6.45, 7) is 3.40. The maximum Gasteiger partial charge on any atom is 0.253 e. The summed E-state index contributed by atoms with van der Waals surface area (Å²) in [6.07, 6.45) is 4.34. The van der Waals surface area contributed by atoms with Crippen LogP contribution in [-0.2, 0) is 6.42 Å². The number of carbonyl (C=O) groups is 1. The van der Waals surface area contributed by atoms with E-state index in [0.717, 1.165) is 24.2 Å². The molecule has 20 heavy (non-hydrogen) atoms. The Morgan fingerprint density at radius 2 is 2.05 bits per heavy atom. The zero-order chi connectivity index (χ0) is 14.2. The van der Waals surface area contributed by atoms with E-state index in [1.165, 1.54) is 0 Å². The summed E-state index contributed by atoms with van der Waals surface area (Å²) in [5.74, 6) is -0.0505. The zero-order valence-electron chi connectivity index (χ0n) is 11.6. The fourth-order valence-electron chi connectivity index (χ4n) is 1.99. The van der Waals surface area contributed by atoms with Crippen LogP contribution in [0.5, 0.6) is 0 Å². The lowest BCUT2D eigenvalue weighted by molar-refractivity contribution is 0.0955. The summed E-state index contributed by atoms with van der Waals surface area (Å²) < 4.78 is 0. The molecule has 1 heterocycles. The highest BCUT2D eigenvalue weighted by molar-refractivity contribution is 5.99. The average molecular weight is 269 g/mol. The van der Waals surface area contributed by atoms with E-state index in [-0.39, 0.29) is 5.91 Å². The molecule has 1 aromatic heterocycles. The van der Waals surface area contributed by atoms with Gasteiger partial charge in [0.1, 0.15) is 0 Å². The Kier molecular flexibility index (Phi) is 5.12. The Balaban J connectivity index is 1.92. The predicted molar refractivity (Wildman–Crippen MR) is 80.9 cm³/mol. The molecule has 1 aromatic carbocycles. The van der Waals surface area contributed by atoms with Gasteiger partial charge in [-0.15, -0.1) is 0 Å². The topological polar surface area (TPSA) is 54.0 Å². The molecule has 0 atom stereocenters. The van der Waals surface area contributed by atoms with E-state index < -0.39 is 0 Å². The van der Waals surface area contributed by atoms with Crippen LogP contribution in [-0.4, -0.2) is 24.0 Å². The molecule has 4 heteroatoms. The van der Waals surface area contributed by atoms with Crippen LogP contribution in [0.15, 0.2) is 48.8 Å². The molecule has 2 N–H and O–H groups in total. The van der Waals surface area contributed by atoms with Gasteiger partial charge >= 0.3 is 0 Å². The van der Waals surface area contributed by atoms with Crippen molar-refractivity contribution >= 4 is 11.6 Å². The van der Waals surface area contributed by atoms with Crippen LogP contribution in [0, 0.1) is 0 Å². The molecule has 0 radical (unpaired) electrons. The number of carbonyl (C=O) groups excluding carboxylic acids is 1. The van der Waals surface area contributed by atoms with Gasteiger partial charge in [0, 0.05) is 31.2 Å². The monoisotopic (exact) mass is 269 g/mol. The van der Waals surface area contributed by atoms with E-state index in [9.17, 15) is 4.79 Å². The summed E-state index contributed by atoms with van der Waals surface area (Å²) >= 11 is 0. The largest absolute Gasteiger partial charge is 0.385 e. The number of rotatable bonds is 6. The SMILES string of the molecule is CCNc1ccccc1C(=O)NCCc1cccnc1. The molecule has 0 aliphatic heterocycles. The lowest BCUT2D eigenvalue weighted by atomic mass is 10.1. The van der Waals surface area contributed by atoms with Gasteiger partial charge in [0.15, 0.2) is 0 Å². The molecule has 0 aliphatic carbocycles. The van der Waals surface area contributed by atoms with E-state index >= 15 is 0 Å². The second-order valence-corrected chi connectivity index (χ2v) is 4.44. The van der Waals surface area contributed by atoms with Gasteiger partial charge in [0.25, 0.3) is 5.91 Å². The van der Waals surface area contributed by atoms with Gasteiger partial charge in [-0.3, -0.25) is 9.78 Å². The van der Waals surface area contributed by atoms with Crippen LogP contribution < -0.4 is 10.6 Å². The molecular weight excluding hydrogens is 250 g/mol. The lowest BCUT2D eigenvalue weighted by Gasteiger charge is -2.10. The average Bonchev–Trinajstić information content (AvgIpc) is 2.49. The van der Waals surface area contributed by atoms with E-state index in [1.54, 1.807) is 6.20 Å². The van der Waals surface area contributed by atoms with Gasteiger partial charge in [0.05, 0.1) is 5.56 Å². The van der Waals surface area contributed by atoms with Gasteiger partial charge in [0.2, 0.25) is 0 Å². The second kappa shape index (κ2) is 7.28. The van der Waals surface area contributed by atoms with Crippen molar-refractivity contribution in [3.05, 3.63) is 59.9 Å². The normalized spacial score (nSPS) is 10.1. The van der Waals surface area contributed by atoms with Gasteiger partial charge in [-0.25, -0.2) is 0 Å². The number of amides is 1. The first-order valence-corrected chi connectivity index (χ1v) is 6.81. The fourth-order valence-corrected chi connectivity index (χ4v) is 1.99. The first-order chi connectivity index (χ1) is 9.81. The van der Waals surface area contributed by atoms with Crippen LogP contribution in [0.2, 0.25) is 0 Å². The number of anilines is 1. The van der Waals surface area contributed by atoms with Crippen molar-refractivity contribution in [1.82, 2.24) is 10.3 Å². The van der Waals surface area contributed by atoms with Crippen molar-refractivity contribution in [2.45, 2.75) is 13.3 Å². The van der Waals surface area contributed by atoms with E-state index in [4.69, 9.17) is 0 Å². The van der Waals surface area contributed by atoms with Crippen molar-refractivity contribution in [3.63, 3.8) is 0 Å². The minimum atomic E-state index is -0.0505. The third kappa shape index (κ3) is 3.82. The molecule has 104 valence electrons. The van der Waals surface area contributed by atoms with Crippen molar-refractivity contribution < 1.29 is 4.79 Å². The third-order valence-electron chi connectivity index (χ3n) is 2.96. The third-order valence-corrected chi connectivity index (χ3v) is 2.96. The number of nitrogens with zero attached hydrogens (tertiary/aromatic N) is 1. The summed E-state index contributed by atoms with van der Waals surface area (Å²) in [4.78, 5) is 16.2. The van der Waals surface area contributed by atoms with Crippen LogP contribution >= 0.6 is 0 Å². The lowest BCUT2D eigenvalue weighted by Crippen LogP contribution is -2.26. The number of hydrogen-bond acceptors (Lipinski definition) is 3. The van der Waals surface area contributed by atoms with Gasteiger partial charge in [-0.2, -0.15) is 0 Å². The molecule has 0 unspecified atom stereocenters. The first kappa shape index (κ1) is 14.1. The van der Waals surface area contributed by atoms with Crippen molar-refractivity contribution in [3.8, 4) is 0 Å². The Bertz CT molecular complexity index is 555. The Labute approximate surface area is 119 Å². The number of hydrogen-bond donors (Lipinski definition) is 2. The molecule has 0 aliphatic rings. The molecule has 0 bridgehead atoms. The molecule has 0 saturated carbocycles. The molecule has 2 aromatic rings. The van der Waals surface area contributed by atoms with Gasteiger partial charge < -0.3 is 10.6 Å². The number of aromatic nitrogens is 1. The standard InChI is InChI=1S/C16H19N3O/c1-2-18-15-8-4-3-7-14(15)16(20)19-11-9-13-6-5-10-17-12-13/h3-8,10,12,18H,2,9,11H2,1H3,(H,19,20). The van der Waals surface area contributed by atoms with Crippen molar-refractivity contribution in [1.29, 1.82) is 0 Å². The summed E-state index contributed by atoms with van der Waals surface area (Å²) in [7, 11) is 0. The number of benzene rings is 1. The summed E-state index contributed by atoms with van der Waals surface area (Å²) in [5.41, 5.74) is 2.67. The van der Waals surface area contributed by atoms with Crippen molar-refractivity contribution in [2.75, 3.05) is 18.4 Å². The minimum Gasteiger partial charge on any atom is -0.385 e. The van der Waals surface area contributed by atoms with Crippen LogP contribution in [0.4, 0.5) is 5.69 Å². The number of para-hydroxylation sites is 1. The highest BCUT2D eigenvalue weighted by atomic mass is 16.1.